The van der Waals surface area contributed by atoms with Gasteiger partial charge in [-0.25, -0.2) is 9.18 Å². The fourth-order valence-corrected chi connectivity index (χ4v) is 3.82. The predicted octanol–water partition coefficient (Wildman–Crippen LogP) is 3.60. The highest BCUT2D eigenvalue weighted by Gasteiger charge is 2.52. The number of imide groups is 1. The Balaban J connectivity index is 1.92. The van der Waals surface area contributed by atoms with Crippen molar-refractivity contribution in [2.24, 2.45) is 7.05 Å². The van der Waals surface area contributed by atoms with Crippen molar-refractivity contribution >= 4 is 17.7 Å². The molecule has 0 spiro atoms. The minimum atomic E-state index is -1.28. The summed E-state index contributed by atoms with van der Waals surface area (Å²) in [6, 6.07) is 6.73. The van der Waals surface area contributed by atoms with Crippen LogP contribution in [-0.4, -0.2) is 33.7 Å². The molecule has 7 heteroatoms. The lowest BCUT2D eigenvalue weighted by atomic mass is 9.84. The average Bonchev–Trinajstić information content (AvgIpc) is 3.09. The molecule has 1 aromatic carbocycles. The van der Waals surface area contributed by atoms with Crippen LogP contribution in [0.1, 0.15) is 53.5 Å². The topological polar surface area (TPSA) is 71.4 Å². The zero-order valence-electron chi connectivity index (χ0n) is 17.2. The molecule has 3 rings (SSSR count). The fraction of sp³-hybridized carbons (Fsp3) is 0.409. The number of ketones is 1. The lowest BCUT2D eigenvalue weighted by molar-refractivity contribution is -0.131. The number of carbonyl (C=O) groups excluding carboxylic acids is 3. The largest absolute Gasteiger partial charge is 0.351 e. The number of nitrogens with zero attached hydrogens (tertiary/aromatic N) is 2. The number of unbranched alkanes of at least 4 members (excludes halogenated alkanes) is 1. The number of rotatable bonds is 7. The Morgan fingerprint density at radius 2 is 1.83 bits per heavy atom. The van der Waals surface area contributed by atoms with Crippen LogP contribution in [-0.2, 0) is 17.4 Å². The highest BCUT2D eigenvalue weighted by molar-refractivity contribution is 6.11. The first kappa shape index (κ1) is 20.8. The molecular weight excluding hydrogens is 373 g/mol. The zero-order valence-corrected chi connectivity index (χ0v) is 17.2. The number of aryl methyl sites for hydroxylation is 1. The summed E-state index contributed by atoms with van der Waals surface area (Å²) >= 11 is 0. The van der Waals surface area contributed by atoms with Crippen LogP contribution in [0.5, 0.6) is 0 Å². The molecule has 0 aliphatic carbocycles. The lowest BCUT2D eigenvalue weighted by Crippen LogP contribution is -2.44. The van der Waals surface area contributed by atoms with Crippen molar-refractivity contribution in [1.82, 2.24) is 14.8 Å². The van der Waals surface area contributed by atoms with Gasteiger partial charge in [0.2, 0.25) is 0 Å². The quantitative estimate of drug-likeness (QED) is 0.571. The van der Waals surface area contributed by atoms with Crippen molar-refractivity contribution in [1.29, 1.82) is 0 Å². The minimum absolute atomic E-state index is 0.292. The first-order chi connectivity index (χ1) is 13.7. The monoisotopic (exact) mass is 399 g/mol. The molecule has 1 saturated heterocycles. The summed E-state index contributed by atoms with van der Waals surface area (Å²) in [7, 11) is 1.86. The Labute approximate surface area is 169 Å². The number of benzene rings is 1. The first-order valence-electron chi connectivity index (χ1n) is 9.77. The van der Waals surface area contributed by atoms with E-state index in [-0.39, 0.29) is 12.3 Å². The number of urea groups is 1. The van der Waals surface area contributed by atoms with Crippen LogP contribution >= 0.6 is 0 Å². The Kier molecular flexibility index (Phi) is 5.59. The van der Waals surface area contributed by atoms with Crippen LogP contribution < -0.4 is 5.32 Å². The smallest absolute Gasteiger partial charge is 0.325 e. The summed E-state index contributed by atoms with van der Waals surface area (Å²) in [5.74, 6) is -1.18. The molecule has 0 bridgehead atoms. The number of amides is 3. The van der Waals surface area contributed by atoms with E-state index >= 15 is 0 Å². The molecule has 2 aromatic rings. The van der Waals surface area contributed by atoms with Gasteiger partial charge in [0.15, 0.2) is 5.78 Å². The van der Waals surface area contributed by atoms with Crippen molar-refractivity contribution in [3.05, 3.63) is 58.7 Å². The van der Waals surface area contributed by atoms with E-state index in [1.807, 2.05) is 32.4 Å². The number of Topliss-reactive ketones (excluding diaryl/α,β-unsaturated/α-hetero) is 1. The third-order valence-corrected chi connectivity index (χ3v) is 5.80. The van der Waals surface area contributed by atoms with E-state index in [2.05, 4.69) is 5.32 Å². The van der Waals surface area contributed by atoms with Gasteiger partial charge in [0.25, 0.3) is 5.91 Å². The average molecular weight is 399 g/mol. The molecule has 0 saturated carbocycles. The van der Waals surface area contributed by atoms with E-state index in [1.165, 1.54) is 24.3 Å². The predicted molar refractivity (Wildman–Crippen MR) is 107 cm³/mol. The number of aromatic nitrogens is 1. The molecule has 29 heavy (non-hydrogen) atoms. The van der Waals surface area contributed by atoms with E-state index in [4.69, 9.17) is 0 Å². The number of hydrogen-bond acceptors (Lipinski definition) is 3. The standard InChI is InChI=1S/C22H26FN3O3/c1-5-6-11-22(16-7-9-17(23)10-8-16)20(28)26(21(29)24-22)13-19(27)18-12-14(2)25(4)15(18)3/h7-10,12H,5-6,11,13H2,1-4H3,(H,24,29)/t22-/m0/s1. The molecule has 3 amide bonds. The summed E-state index contributed by atoms with van der Waals surface area (Å²) in [4.78, 5) is 39.9. The Hall–Kier alpha value is -2.96. The molecule has 154 valence electrons. The van der Waals surface area contributed by atoms with Crippen LogP contribution in [0.2, 0.25) is 0 Å². The van der Waals surface area contributed by atoms with Gasteiger partial charge in [-0.1, -0.05) is 31.9 Å². The van der Waals surface area contributed by atoms with Crippen molar-refractivity contribution in [2.75, 3.05) is 6.54 Å². The molecule has 1 aliphatic rings. The maximum Gasteiger partial charge on any atom is 0.325 e. The summed E-state index contributed by atoms with van der Waals surface area (Å²) in [5.41, 5.74) is 1.45. The molecule has 1 N–H and O–H groups in total. The summed E-state index contributed by atoms with van der Waals surface area (Å²) < 4.78 is 15.3. The third kappa shape index (κ3) is 3.57. The van der Waals surface area contributed by atoms with Gasteiger partial charge in [-0.15, -0.1) is 0 Å². The van der Waals surface area contributed by atoms with E-state index < -0.39 is 23.3 Å². The molecule has 0 unspecified atom stereocenters. The third-order valence-electron chi connectivity index (χ3n) is 5.80. The molecule has 1 aromatic heterocycles. The highest BCUT2D eigenvalue weighted by atomic mass is 19.1. The second-order valence-corrected chi connectivity index (χ2v) is 7.60. The van der Waals surface area contributed by atoms with Gasteiger partial charge in [0.1, 0.15) is 11.4 Å². The van der Waals surface area contributed by atoms with E-state index in [0.29, 0.717) is 24.0 Å². The maximum absolute atomic E-state index is 13.4. The number of carbonyl (C=O) groups is 3. The summed E-state index contributed by atoms with van der Waals surface area (Å²) in [6.45, 7) is 5.38. The van der Waals surface area contributed by atoms with Crippen LogP contribution in [0.15, 0.2) is 30.3 Å². The lowest BCUT2D eigenvalue weighted by Gasteiger charge is -2.27. The molecule has 1 aliphatic heterocycles. The van der Waals surface area contributed by atoms with E-state index in [9.17, 15) is 18.8 Å². The van der Waals surface area contributed by atoms with Gasteiger partial charge in [0, 0.05) is 24.0 Å². The Morgan fingerprint density at radius 1 is 1.17 bits per heavy atom. The SMILES string of the molecule is CCCC[C@@]1(c2ccc(F)cc2)NC(=O)N(CC(=O)c2cc(C)n(C)c2C)C1=O. The zero-order chi connectivity index (χ0) is 21.3. The van der Waals surface area contributed by atoms with Gasteiger partial charge in [0.05, 0.1) is 6.54 Å². The van der Waals surface area contributed by atoms with Gasteiger partial charge in [-0.2, -0.15) is 0 Å². The van der Waals surface area contributed by atoms with Gasteiger partial charge >= 0.3 is 6.03 Å². The number of halogens is 1. The van der Waals surface area contributed by atoms with Crippen LogP contribution in [0.25, 0.3) is 0 Å². The van der Waals surface area contributed by atoms with Crippen molar-refractivity contribution in [3.8, 4) is 0 Å². The Bertz CT molecular complexity index is 964. The second kappa shape index (κ2) is 7.81. The van der Waals surface area contributed by atoms with Crippen molar-refractivity contribution in [3.63, 3.8) is 0 Å². The van der Waals surface area contributed by atoms with Gasteiger partial charge in [-0.05, 0) is 44.0 Å². The van der Waals surface area contributed by atoms with E-state index in [0.717, 1.165) is 22.7 Å². The summed E-state index contributed by atoms with van der Waals surface area (Å²) in [5, 5.41) is 2.78. The molecule has 6 nitrogen and oxygen atoms in total. The van der Waals surface area contributed by atoms with Crippen LogP contribution in [0.3, 0.4) is 0 Å². The molecule has 2 heterocycles. The highest BCUT2D eigenvalue weighted by Crippen LogP contribution is 2.34. The fourth-order valence-electron chi connectivity index (χ4n) is 3.82. The van der Waals surface area contributed by atoms with Crippen molar-refractivity contribution < 1.29 is 18.8 Å². The maximum atomic E-state index is 13.4. The molecule has 0 radical (unpaired) electrons. The van der Waals surface area contributed by atoms with Crippen molar-refractivity contribution in [2.45, 2.75) is 45.6 Å². The number of nitrogens with one attached hydrogen (secondary N) is 1. The summed E-state index contributed by atoms with van der Waals surface area (Å²) in [6.07, 6.45) is 1.91. The van der Waals surface area contributed by atoms with Gasteiger partial charge < -0.3 is 9.88 Å². The van der Waals surface area contributed by atoms with Crippen LogP contribution in [0.4, 0.5) is 9.18 Å². The number of hydrogen-bond donors (Lipinski definition) is 1. The van der Waals surface area contributed by atoms with Crippen LogP contribution in [0, 0.1) is 19.7 Å². The first-order valence-corrected chi connectivity index (χ1v) is 9.77. The van der Waals surface area contributed by atoms with E-state index in [1.54, 1.807) is 6.07 Å². The molecule has 1 fully saturated rings. The molecular formula is C22H26FN3O3. The minimum Gasteiger partial charge on any atom is -0.351 e. The Morgan fingerprint density at radius 3 is 2.38 bits per heavy atom. The second-order valence-electron chi connectivity index (χ2n) is 7.60. The molecule has 1 atom stereocenters. The van der Waals surface area contributed by atoms with Gasteiger partial charge in [-0.3, -0.25) is 14.5 Å². The normalized spacial score (nSPS) is 19.0.